The van der Waals surface area contributed by atoms with Crippen molar-refractivity contribution in [1.82, 2.24) is 19.7 Å². The van der Waals surface area contributed by atoms with Gasteiger partial charge < -0.3 is 4.42 Å². The summed E-state index contributed by atoms with van der Waals surface area (Å²) in [6.07, 6.45) is 3.35. The number of benzene rings is 3. The third-order valence-corrected chi connectivity index (χ3v) is 4.40. The Kier molecular flexibility index (Phi) is 2.94. The summed E-state index contributed by atoms with van der Waals surface area (Å²) in [4.78, 5) is 4.74. The van der Waals surface area contributed by atoms with Crippen LogP contribution in [-0.2, 0) is 0 Å². The third kappa shape index (κ3) is 2.21. The predicted octanol–water partition coefficient (Wildman–Crippen LogP) is 4.54. The van der Waals surface area contributed by atoms with Gasteiger partial charge in [0.2, 0.25) is 5.89 Å². The Labute approximate surface area is 143 Å². The monoisotopic (exact) mass is 326 g/mol. The zero-order valence-corrected chi connectivity index (χ0v) is 13.5. The molecule has 0 saturated heterocycles. The molecule has 0 aliphatic carbocycles. The topological polar surface area (TPSA) is 56.7 Å². The molecule has 0 spiro atoms. The summed E-state index contributed by atoms with van der Waals surface area (Å²) in [5.41, 5.74) is 4.62. The first-order valence-corrected chi connectivity index (χ1v) is 8.04. The number of aromatic nitrogens is 4. The van der Waals surface area contributed by atoms with Gasteiger partial charge in [0, 0.05) is 5.56 Å². The van der Waals surface area contributed by atoms with Crippen molar-refractivity contribution in [1.29, 1.82) is 0 Å². The summed E-state index contributed by atoms with van der Waals surface area (Å²) in [5, 5.41) is 10.0. The van der Waals surface area contributed by atoms with E-state index in [0.717, 1.165) is 33.3 Å². The summed E-state index contributed by atoms with van der Waals surface area (Å²) in [6.45, 7) is 2.02. The second kappa shape index (κ2) is 5.27. The standard InChI is InChI=1S/C20H14N4O/c1-13-9-15(24-11-21-22-12-24)10-18-19(13)25-20(23-18)17-8-4-6-14-5-2-3-7-16(14)17/h2-12H,1H3. The fourth-order valence-corrected chi connectivity index (χ4v) is 3.19. The molecule has 0 saturated carbocycles. The first kappa shape index (κ1) is 13.9. The smallest absolute Gasteiger partial charge is 0.227 e. The van der Waals surface area contributed by atoms with Crippen molar-refractivity contribution in [3.05, 3.63) is 72.8 Å². The minimum atomic E-state index is 0.635. The molecule has 0 atom stereocenters. The average molecular weight is 326 g/mol. The van der Waals surface area contributed by atoms with Gasteiger partial charge in [-0.15, -0.1) is 10.2 Å². The van der Waals surface area contributed by atoms with E-state index in [9.17, 15) is 0 Å². The van der Waals surface area contributed by atoms with Crippen molar-refractivity contribution >= 4 is 21.9 Å². The van der Waals surface area contributed by atoms with Crippen LogP contribution in [-0.4, -0.2) is 19.7 Å². The Morgan fingerprint density at radius 3 is 2.60 bits per heavy atom. The minimum absolute atomic E-state index is 0.635. The quantitative estimate of drug-likeness (QED) is 0.478. The first-order valence-electron chi connectivity index (χ1n) is 8.04. The Hall–Kier alpha value is -3.47. The molecule has 2 aromatic heterocycles. The van der Waals surface area contributed by atoms with Gasteiger partial charge >= 0.3 is 0 Å². The summed E-state index contributed by atoms with van der Waals surface area (Å²) >= 11 is 0. The summed E-state index contributed by atoms with van der Waals surface area (Å²) < 4.78 is 7.97. The van der Waals surface area contributed by atoms with Gasteiger partial charge in [-0.1, -0.05) is 36.4 Å². The molecule has 3 aromatic carbocycles. The Morgan fingerprint density at radius 2 is 1.72 bits per heavy atom. The van der Waals surface area contributed by atoms with E-state index in [1.807, 2.05) is 47.9 Å². The maximum atomic E-state index is 6.11. The molecule has 25 heavy (non-hydrogen) atoms. The average Bonchev–Trinajstić information content (AvgIpc) is 3.31. The molecule has 0 amide bonds. The second-order valence-corrected chi connectivity index (χ2v) is 6.03. The lowest BCUT2D eigenvalue weighted by atomic mass is 10.0. The van der Waals surface area contributed by atoms with E-state index in [0.29, 0.717) is 5.89 Å². The molecular weight excluding hydrogens is 312 g/mol. The van der Waals surface area contributed by atoms with E-state index in [2.05, 4.69) is 28.4 Å². The molecule has 0 aliphatic heterocycles. The van der Waals surface area contributed by atoms with Crippen molar-refractivity contribution in [2.45, 2.75) is 6.92 Å². The van der Waals surface area contributed by atoms with Gasteiger partial charge in [0.25, 0.3) is 0 Å². The number of hydrogen-bond donors (Lipinski definition) is 0. The van der Waals surface area contributed by atoms with E-state index in [1.54, 1.807) is 12.7 Å². The van der Waals surface area contributed by atoms with E-state index in [1.165, 1.54) is 5.39 Å². The molecular formula is C20H14N4O. The van der Waals surface area contributed by atoms with Crippen LogP contribution in [0.25, 0.3) is 39.0 Å². The number of nitrogens with zero attached hydrogens (tertiary/aromatic N) is 4. The Balaban J connectivity index is 1.74. The molecule has 0 unspecified atom stereocenters. The van der Waals surface area contributed by atoms with Crippen LogP contribution in [0.1, 0.15) is 5.56 Å². The highest BCUT2D eigenvalue weighted by Gasteiger charge is 2.14. The lowest BCUT2D eigenvalue weighted by Crippen LogP contribution is -1.91. The number of aryl methyl sites for hydroxylation is 1. The number of fused-ring (bicyclic) bond motifs is 2. The normalized spacial score (nSPS) is 11.4. The number of hydrogen-bond acceptors (Lipinski definition) is 4. The maximum Gasteiger partial charge on any atom is 0.227 e. The molecule has 2 heterocycles. The Morgan fingerprint density at radius 1 is 0.920 bits per heavy atom. The van der Waals surface area contributed by atoms with Crippen LogP contribution < -0.4 is 0 Å². The van der Waals surface area contributed by atoms with Gasteiger partial charge in [0.15, 0.2) is 5.58 Å². The molecule has 5 rings (SSSR count). The van der Waals surface area contributed by atoms with Gasteiger partial charge in [-0.25, -0.2) is 4.98 Å². The highest BCUT2D eigenvalue weighted by Crippen LogP contribution is 2.32. The van der Waals surface area contributed by atoms with Crippen molar-refractivity contribution < 1.29 is 4.42 Å². The highest BCUT2D eigenvalue weighted by atomic mass is 16.3. The van der Waals surface area contributed by atoms with E-state index >= 15 is 0 Å². The molecule has 0 N–H and O–H groups in total. The predicted molar refractivity (Wildman–Crippen MR) is 96.6 cm³/mol. The van der Waals surface area contributed by atoms with Crippen LogP contribution in [0.5, 0.6) is 0 Å². The van der Waals surface area contributed by atoms with Gasteiger partial charge in [0.05, 0.1) is 5.69 Å². The van der Waals surface area contributed by atoms with Crippen molar-refractivity contribution in [3.63, 3.8) is 0 Å². The van der Waals surface area contributed by atoms with Gasteiger partial charge in [0.1, 0.15) is 18.2 Å². The van der Waals surface area contributed by atoms with E-state index < -0.39 is 0 Å². The van der Waals surface area contributed by atoms with Gasteiger partial charge in [-0.05, 0) is 41.5 Å². The fourth-order valence-electron chi connectivity index (χ4n) is 3.19. The van der Waals surface area contributed by atoms with Crippen LogP contribution in [0.3, 0.4) is 0 Å². The van der Waals surface area contributed by atoms with Crippen LogP contribution in [0.4, 0.5) is 0 Å². The molecule has 120 valence electrons. The van der Waals surface area contributed by atoms with Crippen LogP contribution in [0, 0.1) is 6.92 Å². The highest BCUT2D eigenvalue weighted by molar-refractivity contribution is 5.96. The zero-order valence-electron chi connectivity index (χ0n) is 13.5. The van der Waals surface area contributed by atoms with Crippen LogP contribution in [0.15, 0.2) is 71.7 Å². The third-order valence-electron chi connectivity index (χ3n) is 4.40. The largest absolute Gasteiger partial charge is 0.436 e. The molecule has 5 nitrogen and oxygen atoms in total. The fraction of sp³-hybridized carbons (Fsp3) is 0.0500. The first-order chi connectivity index (χ1) is 12.3. The SMILES string of the molecule is Cc1cc(-n2cnnc2)cc2nc(-c3cccc4ccccc34)oc12. The van der Waals surface area contributed by atoms with Crippen molar-refractivity contribution in [3.8, 4) is 17.1 Å². The zero-order chi connectivity index (χ0) is 16.8. The van der Waals surface area contributed by atoms with Crippen molar-refractivity contribution in [2.75, 3.05) is 0 Å². The number of rotatable bonds is 2. The lowest BCUT2D eigenvalue weighted by molar-refractivity contribution is 0.618. The molecule has 0 bridgehead atoms. The van der Waals surface area contributed by atoms with Gasteiger partial charge in [-0.3, -0.25) is 4.57 Å². The van der Waals surface area contributed by atoms with Crippen LogP contribution >= 0.6 is 0 Å². The molecule has 5 heteroatoms. The number of oxazole rings is 1. The van der Waals surface area contributed by atoms with Crippen molar-refractivity contribution in [2.24, 2.45) is 0 Å². The van der Waals surface area contributed by atoms with Gasteiger partial charge in [-0.2, -0.15) is 0 Å². The molecule has 0 radical (unpaired) electrons. The second-order valence-electron chi connectivity index (χ2n) is 6.03. The van der Waals surface area contributed by atoms with E-state index in [-0.39, 0.29) is 0 Å². The molecule has 5 aromatic rings. The molecule has 0 fully saturated rings. The van der Waals surface area contributed by atoms with Crippen LogP contribution in [0.2, 0.25) is 0 Å². The summed E-state index contributed by atoms with van der Waals surface area (Å²) in [6, 6.07) is 18.5. The van der Waals surface area contributed by atoms with E-state index in [4.69, 9.17) is 9.40 Å². The maximum absolute atomic E-state index is 6.11. The summed E-state index contributed by atoms with van der Waals surface area (Å²) in [5.74, 6) is 0.635. The minimum Gasteiger partial charge on any atom is -0.436 e. The Bertz CT molecular complexity index is 1200. The lowest BCUT2D eigenvalue weighted by Gasteiger charge is -2.02. The molecule has 0 aliphatic rings. The summed E-state index contributed by atoms with van der Waals surface area (Å²) in [7, 11) is 0.